The van der Waals surface area contributed by atoms with Crippen molar-refractivity contribution in [1.29, 1.82) is 0 Å². The third-order valence-corrected chi connectivity index (χ3v) is 4.16. The SMILES string of the molecule is CCC(NC(=O)c1cc(-n2cnnc2)ccc1Cl)c1ccccc1. The molecule has 0 fully saturated rings. The van der Waals surface area contributed by atoms with Crippen LogP contribution in [-0.2, 0) is 0 Å². The Kier molecular flexibility index (Phi) is 4.91. The molecule has 0 bridgehead atoms. The summed E-state index contributed by atoms with van der Waals surface area (Å²) in [6.07, 6.45) is 3.94. The summed E-state index contributed by atoms with van der Waals surface area (Å²) in [6.45, 7) is 2.03. The number of carbonyl (C=O) groups is 1. The van der Waals surface area contributed by atoms with Gasteiger partial charge in [0.15, 0.2) is 0 Å². The lowest BCUT2D eigenvalue weighted by atomic mass is 10.0. The molecule has 6 heteroatoms. The number of carbonyl (C=O) groups excluding carboxylic acids is 1. The van der Waals surface area contributed by atoms with Crippen LogP contribution < -0.4 is 5.32 Å². The summed E-state index contributed by atoms with van der Waals surface area (Å²) < 4.78 is 1.72. The van der Waals surface area contributed by atoms with Crippen LogP contribution >= 0.6 is 11.6 Å². The number of halogens is 1. The van der Waals surface area contributed by atoms with E-state index in [1.807, 2.05) is 43.3 Å². The van der Waals surface area contributed by atoms with Gasteiger partial charge in [0, 0.05) is 5.69 Å². The fourth-order valence-corrected chi connectivity index (χ4v) is 2.73. The monoisotopic (exact) mass is 340 g/mol. The van der Waals surface area contributed by atoms with Gasteiger partial charge >= 0.3 is 0 Å². The molecule has 0 aliphatic heterocycles. The Bertz CT molecular complexity index is 818. The van der Waals surface area contributed by atoms with Gasteiger partial charge in [0.05, 0.1) is 16.6 Å². The highest BCUT2D eigenvalue weighted by Crippen LogP contribution is 2.22. The lowest BCUT2D eigenvalue weighted by molar-refractivity contribution is 0.0935. The topological polar surface area (TPSA) is 59.8 Å². The first-order valence-corrected chi connectivity index (χ1v) is 8.07. The fourth-order valence-electron chi connectivity index (χ4n) is 2.52. The second-order valence-electron chi connectivity index (χ2n) is 5.38. The van der Waals surface area contributed by atoms with Crippen molar-refractivity contribution in [3.05, 3.63) is 77.3 Å². The Morgan fingerprint density at radius 3 is 2.54 bits per heavy atom. The van der Waals surface area contributed by atoms with E-state index < -0.39 is 0 Å². The van der Waals surface area contributed by atoms with Crippen molar-refractivity contribution in [2.24, 2.45) is 0 Å². The fraction of sp³-hybridized carbons (Fsp3) is 0.167. The normalized spacial score (nSPS) is 11.9. The van der Waals surface area contributed by atoms with E-state index in [2.05, 4.69) is 15.5 Å². The third kappa shape index (κ3) is 3.46. The second-order valence-corrected chi connectivity index (χ2v) is 5.79. The number of hydrogen-bond donors (Lipinski definition) is 1. The summed E-state index contributed by atoms with van der Waals surface area (Å²) in [4.78, 5) is 12.7. The maximum absolute atomic E-state index is 12.7. The van der Waals surface area contributed by atoms with Crippen LogP contribution in [0.25, 0.3) is 5.69 Å². The average molecular weight is 341 g/mol. The lowest BCUT2D eigenvalue weighted by Crippen LogP contribution is -2.28. The van der Waals surface area contributed by atoms with Crippen LogP contribution in [0, 0.1) is 0 Å². The molecule has 2 aromatic carbocycles. The van der Waals surface area contributed by atoms with E-state index in [-0.39, 0.29) is 11.9 Å². The standard InChI is InChI=1S/C18H17ClN4O/c1-2-17(13-6-4-3-5-7-13)22-18(24)15-10-14(8-9-16(15)19)23-11-20-21-12-23/h3-12,17H,2H2,1H3,(H,22,24). The third-order valence-electron chi connectivity index (χ3n) is 3.83. The molecule has 1 unspecified atom stereocenters. The van der Waals surface area contributed by atoms with Crippen LogP contribution in [-0.4, -0.2) is 20.7 Å². The molecule has 0 aliphatic rings. The molecule has 1 atom stereocenters. The zero-order chi connectivity index (χ0) is 16.9. The molecule has 3 aromatic rings. The predicted molar refractivity (Wildman–Crippen MR) is 93.3 cm³/mol. The average Bonchev–Trinajstić information content (AvgIpc) is 3.15. The summed E-state index contributed by atoms with van der Waals surface area (Å²) in [5.74, 6) is -0.203. The van der Waals surface area contributed by atoms with Gasteiger partial charge in [0.1, 0.15) is 12.7 Å². The minimum absolute atomic E-state index is 0.0617. The summed E-state index contributed by atoms with van der Waals surface area (Å²) in [5.41, 5.74) is 2.28. The molecule has 0 radical (unpaired) electrons. The van der Waals surface area contributed by atoms with Crippen molar-refractivity contribution in [3.8, 4) is 5.69 Å². The van der Waals surface area contributed by atoms with Gasteiger partial charge in [-0.1, -0.05) is 48.9 Å². The Morgan fingerprint density at radius 1 is 1.17 bits per heavy atom. The largest absolute Gasteiger partial charge is 0.345 e. The summed E-state index contributed by atoms with van der Waals surface area (Å²) in [5, 5.41) is 11.0. The van der Waals surface area contributed by atoms with Crippen LogP contribution in [0.15, 0.2) is 61.2 Å². The van der Waals surface area contributed by atoms with Gasteiger partial charge in [0.2, 0.25) is 0 Å². The van der Waals surface area contributed by atoms with Crippen molar-refractivity contribution < 1.29 is 4.79 Å². The Morgan fingerprint density at radius 2 is 1.88 bits per heavy atom. The van der Waals surface area contributed by atoms with Crippen molar-refractivity contribution >= 4 is 17.5 Å². The minimum atomic E-state index is -0.203. The van der Waals surface area contributed by atoms with Gasteiger partial charge in [-0.05, 0) is 30.2 Å². The Hall–Kier alpha value is -2.66. The minimum Gasteiger partial charge on any atom is -0.345 e. The number of amides is 1. The molecule has 0 saturated carbocycles. The highest BCUT2D eigenvalue weighted by atomic mass is 35.5. The smallest absolute Gasteiger partial charge is 0.253 e. The van der Waals surface area contributed by atoms with Gasteiger partial charge < -0.3 is 5.32 Å². The molecule has 1 N–H and O–H groups in total. The van der Waals surface area contributed by atoms with Crippen molar-refractivity contribution in [1.82, 2.24) is 20.1 Å². The molecule has 122 valence electrons. The maximum Gasteiger partial charge on any atom is 0.253 e. The maximum atomic E-state index is 12.7. The van der Waals surface area contributed by atoms with Crippen molar-refractivity contribution in [2.45, 2.75) is 19.4 Å². The van der Waals surface area contributed by atoms with E-state index >= 15 is 0 Å². The second kappa shape index (κ2) is 7.27. The molecule has 24 heavy (non-hydrogen) atoms. The molecule has 5 nitrogen and oxygen atoms in total. The lowest BCUT2D eigenvalue weighted by Gasteiger charge is -2.18. The molecule has 1 heterocycles. The van der Waals surface area contributed by atoms with Crippen LogP contribution in [0.4, 0.5) is 0 Å². The Labute approximate surface area is 145 Å². The van der Waals surface area contributed by atoms with Crippen molar-refractivity contribution in [2.75, 3.05) is 0 Å². The van der Waals surface area contributed by atoms with Crippen LogP contribution in [0.1, 0.15) is 35.3 Å². The number of rotatable bonds is 5. The van der Waals surface area contributed by atoms with Gasteiger partial charge in [0.25, 0.3) is 5.91 Å². The van der Waals surface area contributed by atoms with E-state index in [9.17, 15) is 4.79 Å². The first kappa shape index (κ1) is 16.2. The number of benzene rings is 2. The first-order valence-electron chi connectivity index (χ1n) is 7.69. The summed E-state index contributed by atoms with van der Waals surface area (Å²) in [7, 11) is 0. The quantitative estimate of drug-likeness (QED) is 0.768. The molecule has 3 rings (SSSR count). The molecule has 0 spiro atoms. The highest BCUT2D eigenvalue weighted by molar-refractivity contribution is 6.33. The molecule has 1 amide bonds. The van der Waals surface area contributed by atoms with E-state index in [1.54, 1.807) is 29.4 Å². The Balaban J connectivity index is 1.85. The molecule has 0 saturated heterocycles. The number of hydrogen-bond acceptors (Lipinski definition) is 3. The molecule has 0 aliphatic carbocycles. The van der Waals surface area contributed by atoms with E-state index in [1.165, 1.54) is 0 Å². The van der Waals surface area contributed by atoms with Gasteiger partial charge in [-0.3, -0.25) is 9.36 Å². The van der Waals surface area contributed by atoms with Crippen molar-refractivity contribution in [3.63, 3.8) is 0 Å². The van der Waals surface area contributed by atoms with E-state index in [4.69, 9.17) is 11.6 Å². The van der Waals surface area contributed by atoms with E-state index in [0.717, 1.165) is 17.7 Å². The molecule has 1 aromatic heterocycles. The molecular weight excluding hydrogens is 324 g/mol. The van der Waals surface area contributed by atoms with Crippen LogP contribution in [0.3, 0.4) is 0 Å². The van der Waals surface area contributed by atoms with Gasteiger partial charge in [-0.15, -0.1) is 10.2 Å². The predicted octanol–water partition coefficient (Wildman–Crippen LogP) is 3.80. The van der Waals surface area contributed by atoms with Gasteiger partial charge in [-0.2, -0.15) is 0 Å². The first-order chi connectivity index (χ1) is 11.7. The molecular formula is C18H17ClN4O. The number of aromatic nitrogens is 3. The number of nitrogens with one attached hydrogen (secondary N) is 1. The number of nitrogens with zero attached hydrogens (tertiary/aromatic N) is 3. The highest BCUT2D eigenvalue weighted by Gasteiger charge is 2.17. The zero-order valence-corrected chi connectivity index (χ0v) is 13.9. The zero-order valence-electron chi connectivity index (χ0n) is 13.2. The van der Waals surface area contributed by atoms with E-state index in [0.29, 0.717) is 10.6 Å². The summed E-state index contributed by atoms with van der Waals surface area (Å²) in [6, 6.07) is 15.1. The summed E-state index contributed by atoms with van der Waals surface area (Å²) >= 11 is 6.22. The van der Waals surface area contributed by atoms with Crippen LogP contribution in [0.5, 0.6) is 0 Å². The van der Waals surface area contributed by atoms with Gasteiger partial charge in [-0.25, -0.2) is 0 Å². The van der Waals surface area contributed by atoms with Crippen LogP contribution in [0.2, 0.25) is 5.02 Å².